The van der Waals surface area contributed by atoms with Gasteiger partial charge in [0.1, 0.15) is 0 Å². The summed E-state index contributed by atoms with van der Waals surface area (Å²) in [5, 5.41) is 7.95. The molecule has 7 heavy (non-hydrogen) atoms. The lowest BCUT2D eigenvalue weighted by atomic mass is 10.6. The van der Waals surface area contributed by atoms with Crippen LogP contribution in [-0.2, 0) is 4.79 Å². The number of hydrogen-bond acceptors (Lipinski definition) is 2. The van der Waals surface area contributed by atoms with Gasteiger partial charge < -0.3 is 5.32 Å². The maximum Gasteiger partial charge on any atom is 0.298 e. The summed E-state index contributed by atoms with van der Waals surface area (Å²) in [6.07, 6.45) is 0. The SMILES string of the molecule is CNC(=O)C(=N)F. The number of hydrogen-bond donors (Lipinski definition) is 2. The molecule has 4 heteroatoms. The largest absolute Gasteiger partial charge is 0.352 e. The van der Waals surface area contributed by atoms with Crippen LogP contribution in [0.5, 0.6) is 0 Å². The van der Waals surface area contributed by atoms with Crippen LogP contribution in [0, 0.1) is 5.41 Å². The van der Waals surface area contributed by atoms with Crippen LogP contribution in [-0.4, -0.2) is 18.9 Å². The zero-order chi connectivity index (χ0) is 5.86. The minimum Gasteiger partial charge on any atom is -0.352 e. The van der Waals surface area contributed by atoms with Crippen molar-refractivity contribution < 1.29 is 9.18 Å². The second-order valence-electron chi connectivity index (χ2n) is 0.893. The molecule has 0 spiro atoms. The Morgan fingerprint density at radius 1 is 1.86 bits per heavy atom. The maximum absolute atomic E-state index is 11.3. The Bertz CT molecular complexity index is 101. The summed E-state index contributed by atoms with van der Waals surface area (Å²) < 4.78 is 11.3. The summed E-state index contributed by atoms with van der Waals surface area (Å²) in [6.45, 7) is 0. The van der Waals surface area contributed by atoms with Gasteiger partial charge in [-0.05, 0) is 0 Å². The molecule has 40 valence electrons. The van der Waals surface area contributed by atoms with Crippen LogP contribution in [0.25, 0.3) is 0 Å². The van der Waals surface area contributed by atoms with Gasteiger partial charge >= 0.3 is 0 Å². The lowest BCUT2D eigenvalue weighted by Gasteiger charge is -1.86. The molecule has 0 aromatic carbocycles. The number of carbonyl (C=O) groups excluding carboxylic acids is 1. The van der Waals surface area contributed by atoms with E-state index in [0.29, 0.717) is 0 Å². The number of nitrogens with one attached hydrogen (secondary N) is 2. The summed E-state index contributed by atoms with van der Waals surface area (Å²) >= 11 is 0. The smallest absolute Gasteiger partial charge is 0.298 e. The Kier molecular flexibility index (Phi) is 1.98. The number of rotatable bonds is 1. The Balaban J connectivity index is 3.58. The topological polar surface area (TPSA) is 53.0 Å². The van der Waals surface area contributed by atoms with Crippen molar-refractivity contribution in [2.45, 2.75) is 0 Å². The van der Waals surface area contributed by atoms with Gasteiger partial charge in [0.15, 0.2) is 0 Å². The maximum atomic E-state index is 11.3. The van der Waals surface area contributed by atoms with E-state index in [9.17, 15) is 9.18 Å². The van der Waals surface area contributed by atoms with Gasteiger partial charge in [-0.15, -0.1) is 0 Å². The van der Waals surface area contributed by atoms with Crippen LogP contribution in [0.1, 0.15) is 0 Å². The Morgan fingerprint density at radius 2 is 2.29 bits per heavy atom. The molecule has 0 aromatic heterocycles. The predicted molar refractivity (Wildman–Crippen MR) is 22.9 cm³/mol. The van der Waals surface area contributed by atoms with E-state index in [1.807, 2.05) is 5.32 Å². The monoisotopic (exact) mass is 104 g/mol. The van der Waals surface area contributed by atoms with Gasteiger partial charge in [0.2, 0.25) is 0 Å². The molecule has 0 bridgehead atoms. The van der Waals surface area contributed by atoms with Gasteiger partial charge in [0, 0.05) is 7.05 Å². The fourth-order valence-electron chi connectivity index (χ4n) is 0.110. The average Bonchev–Trinajstić information content (AvgIpc) is 1.65. The molecule has 0 saturated carbocycles. The molecule has 0 aliphatic heterocycles. The van der Waals surface area contributed by atoms with Gasteiger partial charge in [-0.25, -0.2) is 0 Å². The van der Waals surface area contributed by atoms with Crippen LogP contribution in [0.3, 0.4) is 0 Å². The molecule has 0 aromatic rings. The molecule has 1 amide bonds. The van der Waals surface area contributed by atoms with E-state index in [1.54, 1.807) is 0 Å². The van der Waals surface area contributed by atoms with Gasteiger partial charge in [-0.1, -0.05) is 0 Å². The van der Waals surface area contributed by atoms with Crippen LogP contribution >= 0.6 is 0 Å². The minimum absolute atomic E-state index is 0.986. The molecule has 0 unspecified atom stereocenters. The molecule has 2 N–H and O–H groups in total. The Labute approximate surface area is 40.0 Å². The van der Waals surface area contributed by atoms with Crippen molar-refractivity contribution in [3.05, 3.63) is 0 Å². The fourth-order valence-corrected chi connectivity index (χ4v) is 0.110. The zero-order valence-electron chi connectivity index (χ0n) is 3.79. The molecule has 0 heterocycles. The molecule has 0 atom stereocenters. The molecule has 0 fully saturated rings. The Morgan fingerprint density at radius 3 is 2.29 bits per heavy atom. The normalized spacial score (nSPS) is 7.71. The van der Waals surface area contributed by atoms with Crippen LogP contribution in [0.15, 0.2) is 0 Å². The molecule has 0 aliphatic rings. The van der Waals surface area contributed by atoms with Crippen LogP contribution in [0.2, 0.25) is 0 Å². The number of amides is 1. The van der Waals surface area contributed by atoms with Crippen LogP contribution in [0.4, 0.5) is 4.39 Å². The van der Waals surface area contributed by atoms with E-state index in [1.165, 1.54) is 7.05 Å². The summed E-state index contributed by atoms with van der Waals surface area (Å²) in [7, 11) is 1.26. The number of halogens is 1. The highest BCUT2D eigenvalue weighted by molar-refractivity contribution is 6.33. The molecular formula is C3H5FN2O. The van der Waals surface area contributed by atoms with Crippen LogP contribution < -0.4 is 5.32 Å². The van der Waals surface area contributed by atoms with Crippen molar-refractivity contribution in [1.82, 2.24) is 5.32 Å². The lowest BCUT2D eigenvalue weighted by molar-refractivity contribution is -0.115. The van der Waals surface area contributed by atoms with E-state index in [0.717, 1.165) is 0 Å². The average molecular weight is 104 g/mol. The molecule has 3 nitrogen and oxygen atoms in total. The van der Waals surface area contributed by atoms with Crippen molar-refractivity contribution in [3.8, 4) is 0 Å². The fraction of sp³-hybridized carbons (Fsp3) is 0.333. The first-order valence-electron chi connectivity index (χ1n) is 1.64. The standard InChI is InChI=1S/C3H5FN2O/c1-6-3(7)2(4)5/h5H,1H3,(H,6,7). The van der Waals surface area contributed by atoms with Crippen molar-refractivity contribution in [2.24, 2.45) is 0 Å². The summed E-state index contributed by atoms with van der Waals surface area (Å²) in [4.78, 5) is 9.80. The zero-order valence-corrected chi connectivity index (χ0v) is 3.79. The molecular weight excluding hydrogens is 99.0 g/mol. The van der Waals surface area contributed by atoms with Gasteiger partial charge in [-0.3, -0.25) is 10.2 Å². The van der Waals surface area contributed by atoms with Crippen molar-refractivity contribution in [1.29, 1.82) is 5.41 Å². The highest BCUT2D eigenvalue weighted by atomic mass is 19.1. The number of carbonyl (C=O) groups is 1. The molecule has 0 saturated heterocycles. The molecule has 0 aliphatic carbocycles. The second kappa shape index (κ2) is 2.28. The molecule has 0 radical (unpaired) electrons. The quantitative estimate of drug-likeness (QED) is 0.440. The van der Waals surface area contributed by atoms with Crippen molar-refractivity contribution >= 4 is 11.9 Å². The summed E-state index contributed by atoms with van der Waals surface area (Å²) in [5.74, 6) is -2.44. The van der Waals surface area contributed by atoms with E-state index in [2.05, 4.69) is 0 Å². The van der Waals surface area contributed by atoms with Gasteiger partial charge in [-0.2, -0.15) is 4.39 Å². The summed E-state index contributed by atoms with van der Waals surface area (Å²) in [5.41, 5.74) is 0. The lowest BCUT2D eigenvalue weighted by Crippen LogP contribution is -2.23. The predicted octanol–water partition coefficient (Wildman–Crippen LogP) is -0.321. The van der Waals surface area contributed by atoms with Crippen molar-refractivity contribution in [3.63, 3.8) is 0 Å². The second-order valence-corrected chi connectivity index (χ2v) is 0.893. The molecule has 0 rings (SSSR count). The van der Waals surface area contributed by atoms with Gasteiger partial charge in [0.25, 0.3) is 11.9 Å². The third-order valence-corrected chi connectivity index (χ3v) is 0.426. The third kappa shape index (κ3) is 1.86. The third-order valence-electron chi connectivity index (χ3n) is 0.426. The van der Waals surface area contributed by atoms with E-state index < -0.39 is 11.9 Å². The highest BCUT2D eigenvalue weighted by Crippen LogP contribution is 1.69. The highest BCUT2D eigenvalue weighted by Gasteiger charge is 2.01. The first-order chi connectivity index (χ1) is 3.18. The van der Waals surface area contributed by atoms with E-state index in [4.69, 9.17) is 5.41 Å². The first-order valence-corrected chi connectivity index (χ1v) is 1.64. The van der Waals surface area contributed by atoms with E-state index >= 15 is 0 Å². The Hall–Kier alpha value is -0.930. The van der Waals surface area contributed by atoms with Crippen molar-refractivity contribution in [2.75, 3.05) is 7.05 Å². The summed E-state index contributed by atoms with van der Waals surface area (Å²) in [6, 6.07) is 0. The van der Waals surface area contributed by atoms with Gasteiger partial charge in [0.05, 0.1) is 0 Å². The minimum atomic E-state index is -1.46. The van der Waals surface area contributed by atoms with E-state index in [-0.39, 0.29) is 0 Å². The first kappa shape index (κ1) is 6.07.